The Balaban J connectivity index is 2.28. The minimum absolute atomic E-state index is 0.0244. The van der Waals surface area contributed by atoms with E-state index in [1.54, 1.807) is 11.8 Å². The lowest BCUT2D eigenvalue weighted by atomic mass is 9.87. The Bertz CT molecular complexity index is 517. The minimum atomic E-state index is -0.773. The SMILES string of the molecule is CCC1(CC)NC(=O)C(C)N(Cc2ccc(C)o2)C1=O. The highest BCUT2D eigenvalue weighted by Gasteiger charge is 2.47. The van der Waals surface area contributed by atoms with Crippen LogP contribution in [0.2, 0.25) is 0 Å². The van der Waals surface area contributed by atoms with Gasteiger partial charge in [-0.05, 0) is 38.8 Å². The molecule has 0 spiro atoms. The van der Waals surface area contributed by atoms with E-state index in [1.807, 2.05) is 32.9 Å². The molecule has 20 heavy (non-hydrogen) atoms. The third kappa shape index (κ3) is 2.32. The summed E-state index contributed by atoms with van der Waals surface area (Å²) >= 11 is 0. The number of hydrogen-bond acceptors (Lipinski definition) is 3. The van der Waals surface area contributed by atoms with Gasteiger partial charge < -0.3 is 14.6 Å². The van der Waals surface area contributed by atoms with Crippen molar-refractivity contribution in [2.24, 2.45) is 0 Å². The fourth-order valence-corrected chi connectivity index (χ4v) is 2.66. The van der Waals surface area contributed by atoms with Crippen molar-refractivity contribution in [3.8, 4) is 0 Å². The van der Waals surface area contributed by atoms with Crippen molar-refractivity contribution in [2.75, 3.05) is 0 Å². The zero-order chi connectivity index (χ0) is 14.9. The van der Waals surface area contributed by atoms with Crippen LogP contribution >= 0.6 is 0 Å². The molecule has 1 unspecified atom stereocenters. The van der Waals surface area contributed by atoms with Crippen LogP contribution in [0.1, 0.15) is 45.1 Å². The molecule has 5 heteroatoms. The molecule has 0 aromatic carbocycles. The van der Waals surface area contributed by atoms with Gasteiger partial charge >= 0.3 is 0 Å². The number of amides is 2. The molecule has 1 aliphatic heterocycles. The van der Waals surface area contributed by atoms with Crippen LogP contribution in [0.5, 0.6) is 0 Å². The molecule has 1 fully saturated rings. The van der Waals surface area contributed by atoms with Crippen LogP contribution in [0.3, 0.4) is 0 Å². The van der Waals surface area contributed by atoms with Gasteiger partial charge in [-0.15, -0.1) is 0 Å². The number of nitrogens with one attached hydrogen (secondary N) is 1. The third-order valence-corrected chi connectivity index (χ3v) is 4.21. The lowest BCUT2D eigenvalue weighted by molar-refractivity contribution is -0.155. The van der Waals surface area contributed by atoms with E-state index in [9.17, 15) is 9.59 Å². The molecule has 0 radical (unpaired) electrons. The second-order valence-corrected chi connectivity index (χ2v) is 5.40. The number of nitrogens with zero attached hydrogens (tertiary/aromatic N) is 1. The van der Waals surface area contributed by atoms with Crippen molar-refractivity contribution in [1.82, 2.24) is 10.2 Å². The first-order valence-electron chi connectivity index (χ1n) is 7.12. The molecule has 1 atom stereocenters. The molecule has 0 bridgehead atoms. The Kier molecular flexibility index (Phi) is 3.88. The summed E-state index contributed by atoms with van der Waals surface area (Å²) < 4.78 is 5.53. The zero-order valence-corrected chi connectivity index (χ0v) is 12.5. The second kappa shape index (κ2) is 5.31. The highest BCUT2D eigenvalue weighted by atomic mass is 16.3. The maximum atomic E-state index is 12.7. The quantitative estimate of drug-likeness (QED) is 0.916. The molecule has 2 rings (SSSR count). The highest BCUT2D eigenvalue weighted by Crippen LogP contribution is 2.26. The van der Waals surface area contributed by atoms with Crippen molar-refractivity contribution in [2.45, 2.75) is 58.7 Å². The summed E-state index contributed by atoms with van der Waals surface area (Å²) in [6.45, 7) is 7.79. The fraction of sp³-hybridized carbons (Fsp3) is 0.600. The molecule has 2 heterocycles. The standard InChI is InChI=1S/C15H22N2O3/c1-5-15(6-2)14(19)17(11(4)13(18)16-15)9-12-8-7-10(3)20-12/h7-8,11H,5-6,9H2,1-4H3,(H,16,18). The molecule has 110 valence electrons. The number of hydrogen-bond donors (Lipinski definition) is 1. The van der Waals surface area contributed by atoms with Crippen molar-refractivity contribution >= 4 is 11.8 Å². The summed E-state index contributed by atoms with van der Waals surface area (Å²) in [7, 11) is 0. The van der Waals surface area contributed by atoms with Gasteiger partial charge in [0.15, 0.2) is 0 Å². The molecule has 0 saturated carbocycles. The zero-order valence-electron chi connectivity index (χ0n) is 12.5. The first kappa shape index (κ1) is 14.6. The third-order valence-electron chi connectivity index (χ3n) is 4.21. The average Bonchev–Trinajstić information content (AvgIpc) is 2.84. The average molecular weight is 278 g/mol. The van der Waals surface area contributed by atoms with E-state index in [2.05, 4.69) is 5.32 Å². The van der Waals surface area contributed by atoms with Gasteiger partial charge in [-0.25, -0.2) is 0 Å². The van der Waals surface area contributed by atoms with Crippen molar-refractivity contribution in [1.29, 1.82) is 0 Å². The Morgan fingerprint density at radius 1 is 1.30 bits per heavy atom. The van der Waals surface area contributed by atoms with E-state index in [0.29, 0.717) is 25.1 Å². The summed E-state index contributed by atoms with van der Waals surface area (Å²) in [4.78, 5) is 26.5. The van der Waals surface area contributed by atoms with E-state index in [4.69, 9.17) is 4.42 Å². The first-order valence-corrected chi connectivity index (χ1v) is 7.12. The van der Waals surface area contributed by atoms with Crippen LogP contribution in [-0.4, -0.2) is 28.3 Å². The Labute approximate surface area is 119 Å². The van der Waals surface area contributed by atoms with Gasteiger partial charge in [0.05, 0.1) is 6.54 Å². The number of carbonyl (C=O) groups excluding carboxylic acids is 2. The van der Waals surface area contributed by atoms with Crippen LogP contribution in [0.15, 0.2) is 16.5 Å². The number of piperazine rings is 1. The maximum absolute atomic E-state index is 12.7. The molecule has 0 aliphatic carbocycles. The summed E-state index contributed by atoms with van der Waals surface area (Å²) in [6.07, 6.45) is 1.18. The van der Waals surface area contributed by atoms with E-state index < -0.39 is 11.6 Å². The predicted octanol–water partition coefficient (Wildman–Crippen LogP) is 1.99. The molecule has 5 nitrogen and oxygen atoms in total. The van der Waals surface area contributed by atoms with E-state index in [-0.39, 0.29) is 11.8 Å². The van der Waals surface area contributed by atoms with Crippen LogP contribution in [-0.2, 0) is 16.1 Å². The summed E-state index contributed by atoms with van der Waals surface area (Å²) in [5, 5.41) is 2.89. The number of furan rings is 1. The Hall–Kier alpha value is -1.78. The first-order chi connectivity index (χ1) is 9.43. The van der Waals surface area contributed by atoms with Crippen LogP contribution in [0.25, 0.3) is 0 Å². The van der Waals surface area contributed by atoms with Gasteiger partial charge in [-0.1, -0.05) is 13.8 Å². The van der Waals surface area contributed by atoms with Gasteiger partial charge in [-0.3, -0.25) is 9.59 Å². The van der Waals surface area contributed by atoms with Gasteiger partial charge in [0.25, 0.3) is 0 Å². The molecular formula is C15H22N2O3. The monoisotopic (exact) mass is 278 g/mol. The predicted molar refractivity (Wildman–Crippen MR) is 74.9 cm³/mol. The van der Waals surface area contributed by atoms with Gasteiger partial charge in [0.2, 0.25) is 11.8 Å². The Morgan fingerprint density at radius 3 is 2.45 bits per heavy atom. The van der Waals surface area contributed by atoms with Gasteiger partial charge in [0.1, 0.15) is 23.1 Å². The van der Waals surface area contributed by atoms with Crippen molar-refractivity contribution < 1.29 is 14.0 Å². The van der Waals surface area contributed by atoms with E-state index in [1.165, 1.54) is 0 Å². The number of carbonyl (C=O) groups is 2. The van der Waals surface area contributed by atoms with Crippen molar-refractivity contribution in [3.05, 3.63) is 23.7 Å². The van der Waals surface area contributed by atoms with Gasteiger partial charge in [0, 0.05) is 0 Å². The molecule has 2 amide bonds. The molecule has 1 aliphatic rings. The van der Waals surface area contributed by atoms with Gasteiger partial charge in [-0.2, -0.15) is 0 Å². The van der Waals surface area contributed by atoms with E-state index >= 15 is 0 Å². The largest absolute Gasteiger partial charge is 0.464 e. The Morgan fingerprint density at radius 2 is 1.95 bits per heavy atom. The fourth-order valence-electron chi connectivity index (χ4n) is 2.66. The number of rotatable bonds is 4. The minimum Gasteiger partial charge on any atom is -0.464 e. The lowest BCUT2D eigenvalue weighted by Gasteiger charge is -2.44. The molecule has 1 aromatic rings. The topological polar surface area (TPSA) is 62.6 Å². The number of aryl methyl sites for hydroxylation is 1. The maximum Gasteiger partial charge on any atom is 0.249 e. The molecular weight excluding hydrogens is 256 g/mol. The lowest BCUT2D eigenvalue weighted by Crippen LogP contribution is -2.69. The molecule has 1 aromatic heterocycles. The summed E-state index contributed by atoms with van der Waals surface area (Å²) in [5.74, 6) is 1.39. The van der Waals surface area contributed by atoms with Crippen LogP contribution in [0, 0.1) is 6.92 Å². The van der Waals surface area contributed by atoms with Crippen LogP contribution < -0.4 is 5.32 Å². The van der Waals surface area contributed by atoms with Crippen LogP contribution in [0.4, 0.5) is 0 Å². The summed E-state index contributed by atoms with van der Waals surface area (Å²) in [5.41, 5.74) is -0.773. The second-order valence-electron chi connectivity index (χ2n) is 5.40. The summed E-state index contributed by atoms with van der Waals surface area (Å²) in [6, 6.07) is 3.24. The highest BCUT2D eigenvalue weighted by molar-refractivity contribution is 5.99. The normalized spacial score (nSPS) is 22.0. The van der Waals surface area contributed by atoms with E-state index in [0.717, 1.165) is 5.76 Å². The molecule has 1 N–H and O–H groups in total. The molecule has 1 saturated heterocycles. The smallest absolute Gasteiger partial charge is 0.249 e. The van der Waals surface area contributed by atoms with Crippen molar-refractivity contribution in [3.63, 3.8) is 0 Å².